The Balaban J connectivity index is 1.38. The molecule has 2 fully saturated rings. The van der Waals surface area contributed by atoms with Crippen LogP contribution in [0.5, 0.6) is 0 Å². The molecule has 7 nitrogen and oxygen atoms in total. The zero-order valence-electron chi connectivity index (χ0n) is 17.2. The van der Waals surface area contributed by atoms with Gasteiger partial charge >= 0.3 is 0 Å². The average molecular weight is 449 g/mol. The van der Waals surface area contributed by atoms with E-state index in [4.69, 9.17) is 0 Å². The van der Waals surface area contributed by atoms with Crippen molar-refractivity contribution in [2.24, 2.45) is 5.92 Å². The highest BCUT2D eigenvalue weighted by atomic mass is 32.2. The molecule has 3 aliphatic heterocycles. The molecule has 2 atom stereocenters. The number of likely N-dealkylation sites (tertiary alicyclic amines) is 2. The molecule has 3 aliphatic rings. The van der Waals surface area contributed by atoms with E-state index >= 15 is 0 Å². The molecule has 0 unspecified atom stereocenters. The Labute approximate surface area is 181 Å². The molecule has 2 aromatic heterocycles. The molecule has 0 radical (unpaired) electrons. The third-order valence-corrected chi connectivity index (χ3v) is 9.60. The third-order valence-electron chi connectivity index (χ3n) is 6.84. The Kier molecular flexibility index (Phi) is 5.25. The van der Waals surface area contributed by atoms with Crippen molar-refractivity contribution in [1.82, 2.24) is 14.4 Å². The average Bonchev–Trinajstić information content (AvgIpc) is 3.27. The van der Waals surface area contributed by atoms with Crippen LogP contribution in [-0.2, 0) is 16.6 Å². The van der Waals surface area contributed by atoms with Gasteiger partial charge in [0.25, 0.3) is 15.6 Å². The number of thiophene rings is 1. The Bertz CT molecular complexity index is 1070. The van der Waals surface area contributed by atoms with Crippen molar-refractivity contribution in [3.05, 3.63) is 45.7 Å². The Morgan fingerprint density at radius 2 is 1.90 bits per heavy atom. The molecule has 2 aromatic rings. The van der Waals surface area contributed by atoms with Crippen molar-refractivity contribution in [2.75, 3.05) is 37.9 Å². The minimum absolute atomic E-state index is 0.138. The van der Waals surface area contributed by atoms with Crippen molar-refractivity contribution in [3.63, 3.8) is 0 Å². The van der Waals surface area contributed by atoms with E-state index in [0.29, 0.717) is 24.4 Å². The fourth-order valence-electron chi connectivity index (χ4n) is 5.33. The number of hydrogen-bond acceptors (Lipinski definition) is 6. The molecule has 0 saturated carbocycles. The van der Waals surface area contributed by atoms with Crippen LogP contribution in [0.15, 0.2) is 38.6 Å². The summed E-state index contributed by atoms with van der Waals surface area (Å²) in [6, 6.07) is 7.48. The van der Waals surface area contributed by atoms with Crippen LogP contribution >= 0.6 is 11.3 Å². The number of pyridine rings is 1. The number of piperidine rings is 2. The summed E-state index contributed by atoms with van der Waals surface area (Å²) < 4.78 is 29.7. The number of aromatic nitrogens is 1. The zero-order valence-corrected chi connectivity index (χ0v) is 18.8. The standard InChI is InChI=1S/C21H28N4O3S2/c1-23-8-6-17(7-9-23)24-12-15-11-16(14-24)19-5-4-18(21(26)25(19)13-15)22-30(27,28)20-3-2-10-29-20/h2-5,10,15-17,22H,6-9,11-14H2,1H3/t15-,16-/m1/s1. The summed E-state index contributed by atoms with van der Waals surface area (Å²) in [5, 5.41) is 1.71. The molecule has 0 aromatic carbocycles. The van der Waals surface area contributed by atoms with E-state index in [1.807, 2.05) is 10.6 Å². The first-order valence-electron chi connectivity index (χ1n) is 10.6. The van der Waals surface area contributed by atoms with E-state index in [-0.39, 0.29) is 15.5 Å². The Morgan fingerprint density at radius 3 is 2.63 bits per heavy atom. The lowest BCUT2D eigenvalue weighted by atomic mass is 9.82. The zero-order chi connectivity index (χ0) is 20.9. The molecule has 1 N–H and O–H groups in total. The van der Waals surface area contributed by atoms with Crippen molar-refractivity contribution < 1.29 is 8.42 Å². The van der Waals surface area contributed by atoms with E-state index in [1.165, 1.54) is 12.8 Å². The summed E-state index contributed by atoms with van der Waals surface area (Å²) in [5.41, 5.74) is 0.960. The SMILES string of the molecule is CN1CCC(N2C[C@H]3C[C@H](C2)c2ccc(NS(=O)(=O)c4cccs4)c(=O)n2C3)CC1. The third kappa shape index (κ3) is 3.72. The number of anilines is 1. The van der Waals surface area contributed by atoms with Gasteiger partial charge in [-0.25, -0.2) is 8.42 Å². The summed E-state index contributed by atoms with van der Waals surface area (Å²) in [7, 11) is -1.53. The van der Waals surface area contributed by atoms with Crippen molar-refractivity contribution in [2.45, 2.75) is 42.0 Å². The number of fused-ring (bicyclic) bond motifs is 4. The van der Waals surface area contributed by atoms with Crippen LogP contribution in [0.25, 0.3) is 0 Å². The maximum absolute atomic E-state index is 13.1. The van der Waals surface area contributed by atoms with Crippen LogP contribution in [0.1, 0.15) is 30.9 Å². The number of hydrogen-bond donors (Lipinski definition) is 1. The molecule has 0 aliphatic carbocycles. The predicted molar refractivity (Wildman–Crippen MR) is 119 cm³/mol. The van der Waals surface area contributed by atoms with Crippen LogP contribution < -0.4 is 10.3 Å². The first-order chi connectivity index (χ1) is 14.4. The van der Waals surface area contributed by atoms with E-state index in [0.717, 1.165) is 49.6 Å². The molecule has 9 heteroatoms. The quantitative estimate of drug-likeness (QED) is 0.776. The van der Waals surface area contributed by atoms with Crippen LogP contribution in [0.4, 0.5) is 5.69 Å². The van der Waals surface area contributed by atoms with Gasteiger partial charge in [0, 0.05) is 37.3 Å². The second-order valence-electron chi connectivity index (χ2n) is 8.91. The number of nitrogens with one attached hydrogen (secondary N) is 1. The number of nitrogens with zero attached hydrogens (tertiary/aromatic N) is 3. The molecule has 0 spiro atoms. The largest absolute Gasteiger partial charge is 0.310 e. The lowest BCUT2D eigenvalue weighted by Crippen LogP contribution is -2.53. The monoisotopic (exact) mass is 448 g/mol. The predicted octanol–water partition coefficient (Wildman–Crippen LogP) is 2.22. The summed E-state index contributed by atoms with van der Waals surface area (Å²) in [6.45, 7) is 5.00. The van der Waals surface area contributed by atoms with Gasteiger partial charge in [0.05, 0.1) is 0 Å². The van der Waals surface area contributed by atoms with Gasteiger partial charge in [-0.3, -0.25) is 14.4 Å². The molecule has 30 heavy (non-hydrogen) atoms. The first-order valence-corrected chi connectivity index (χ1v) is 13.0. The maximum Gasteiger partial charge on any atom is 0.275 e. The van der Waals surface area contributed by atoms with E-state index < -0.39 is 10.0 Å². The smallest absolute Gasteiger partial charge is 0.275 e. The van der Waals surface area contributed by atoms with Gasteiger partial charge in [0.15, 0.2) is 0 Å². The normalized spacial score (nSPS) is 25.8. The summed E-state index contributed by atoms with van der Waals surface area (Å²) in [5.74, 6) is 0.783. The topological polar surface area (TPSA) is 74.7 Å². The minimum Gasteiger partial charge on any atom is -0.310 e. The highest BCUT2D eigenvalue weighted by molar-refractivity contribution is 7.94. The van der Waals surface area contributed by atoms with Crippen molar-refractivity contribution in [1.29, 1.82) is 0 Å². The molecule has 5 heterocycles. The van der Waals surface area contributed by atoms with Crippen LogP contribution in [-0.4, -0.2) is 62.1 Å². The summed E-state index contributed by atoms with van der Waals surface area (Å²) >= 11 is 1.14. The molecular weight excluding hydrogens is 420 g/mol. The number of rotatable bonds is 4. The van der Waals surface area contributed by atoms with Crippen molar-refractivity contribution >= 4 is 27.0 Å². The fraction of sp³-hybridized carbons (Fsp3) is 0.571. The Morgan fingerprint density at radius 1 is 1.10 bits per heavy atom. The first kappa shape index (κ1) is 20.2. The fourth-order valence-corrected chi connectivity index (χ4v) is 7.38. The van der Waals surface area contributed by atoms with Gasteiger partial charge in [0.2, 0.25) is 0 Å². The van der Waals surface area contributed by atoms with Gasteiger partial charge < -0.3 is 9.47 Å². The van der Waals surface area contributed by atoms with Gasteiger partial charge in [-0.15, -0.1) is 11.3 Å². The van der Waals surface area contributed by atoms with Gasteiger partial charge in [0.1, 0.15) is 9.90 Å². The Hall–Kier alpha value is -1.68. The molecule has 5 rings (SSSR count). The molecule has 2 saturated heterocycles. The summed E-state index contributed by atoms with van der Waals surface area (Å²) in [4.78, 5) is 18.2. The van der Waals surface area contributed by atoms with Crippen molar-refractivity contribution in [3.8, 4) is 0 Å². The molecule has 2 bridgehead atoms. The second-order valence-corrected chi connectivity index (χ2v) is 11.8. The van der Waals surface area contributed by atoms with Crippen LogP contribution in [0, 0.1) is 5.92 Å². The highest BCUT2D eigenvalue weighted by Gasteiger charge is 2.38. The lowest BCUT2D eigenvalue weighted by Gasteiger charge is -2.47. The van der Waals surface area contributed by atoms with E-state index in [2.05, 4.69) is 21.6 Å². The maximum atomic E-state index is 13.1. The molecule has 162 valence electrons. The van der Waals surface area contributed by atoms with Gasteiger partial charge in [-0.1, -0.05) is 6.07 Å². The van der Waals surface area contributed by atoms with Gasteiger partial charge in [-0.2, -0.15) is 0 Å². The summed E-state index contributed by atoms with van der Waals surface area (Å²) in [6.07, 6.45) is 3.54. The van der Waals surface area contributed by atoms with E-state index in [9.17, 15) is 13.2 Å². The minimum atomic E-state index is -3.72. The lowest BCUT2D eigenvalue weighted by molar-refractivity contribution is 0.0517. The highest BCUT2D eigenvalue weighted by Crippen LogP contribution is 2.37. The second kappa shape index (κ2) is 7.78. The number of sulfonamides is 1. The van der Waals surface area contributed by atoms with E-state index in [1.54, 1.807) is 23.6 Å². The van der Waals surface area contributed by atoms with Crippen LogP contribution in [0.3, 0.4) is 0 Å². The van der Waals surface area contributed by atoms with Gasteiger partial charge in [-0.05, 0) is 68.9 Å². The molecule has 0 amide bonds. The molecular formula is C21H28N4O3S2. The van der Waals surface area contributed by atoms with Crippen LogP contribution in [0.2, 0.25) is 0 Å².